The highest BCUT2D eigenvalue weighted by Crippen LogP contribution is 2.21. The summed E-state index contributed by atoms with van der Waals surface area (Å²) < 4.78 is 5.68. The first-order valence-corrected chi connectivity index (χ1v) is 6.95. The van der Waals surface area contributed by atoms with Crippen LogP contribution >= 0.6 is 24.0 Å². The lowest BCUT2D eigenvalue weighted by molar-refractivity contribution is -0.140. The fraction of sp³-hybridized carbons (Fsp3) is 0.846. The van der Waals surface area contributed by atoms with Crippen molar-refractivity contribution in [1.29, 1.82) is 0 Å². The Hall–Kier alpha value is -0.570. The Morgan fingerprint density at radius 3 is 2.75 bits per heavy atom. The highest BCUT2D eigenvalue weighted by atomic mass is 127. The van der Waals surface area contributed by atoms with Crippen molar-refractivity contribution in [3.05, 3.63) is 0 Å². The third-order valence-electron chi connectivity index (χ3n) is 3.13. The molecule has 0 aromatic heterocycles. The normalized spacial score (nSPS) is 22.2. The third-order valence-corrected chi connectivity index (χ3v) is 3.13. The van der Waals surface area contributed by atoms with E-state index in [-0.39, 0.29) is 42.1 Å². The molecule has 0 saturated carbocycles. The van der Waals surface area contributed by atoms with Crippen LogP contribution in [0.15, 0.2) is 4.99 Å². The van der Waals surface area contributed by atoms with Gasteiger partial charge in [-0.05, 0) is 19.3 Å². The lowest BCUT2D eigenvalue weighted by atomic mass is 10.2. The van der Waals surface area contributed by atoms with Crippen LogP contribution in [0.2, 0.25) is 0 Å². The van der Waals surface area contributed by atoms with Gasteiger partial charge in [0.2, 0.25) is 0 Å². The summed E-state index contributed by atoms with van der Waals surface area (Å²) in [6, 6.07) is 0. The Morgan fingerprint density at radius 2 is 2.15 bits per heavy atom. The van der Waals surface area contributed by atoms with Gasteiger partial charge in [-0.25, -0.2) is 0 Å². The first-order chi connectivity index (χ1) is 9.04. The number of halogens is 1. The molecule has 1 rings (SSSR count). The van der Waals surface area contributed by atoms with Crippen molar-refractivity contribution in [2.75, 3.05) is 27.2 Å². The van der Waals surface area contributed by atoms with Crippen LogP contribution in [-0.4, -0.2) is 56.2 Å². The highest BCUT2D eigenvalue weighted by Gasteiger charge is 2.31. The zero-order chi connectivity index (χ0) is 14.3. The molecule has 1 aliphatic heterocycles. The number of amides is 1. The molecule has 20 heavy (non-hydrogen) atoms. The van der Waals surface area contributed by atoms with Crippen molar-refractivity contribution in [2.45, 2.75) is 44.8 Å². The number of ether oxygens (including phenoxy) is 1. The van der Waals surface area contributed by atoms with Crippen molar-refractivity contribution in [3.63, 3.8) is 0 Å². The van der Waals surface area contributed by atoms with Crippen molar-refractivity contribution in [3.8, 4) is 0 Å². The van der Waals surface area contributed by atoms with Crippen LogP contribution in [0.5, 0.6) is 0 Å². The monoisotopic (exact) mass is 398 g/mol. The largest absolute Gasteiger partial charge is 0.370 e. The highest BCUT2D eigenvalue weighted by molar-refractivity contribution is 14.0. The number of carbonyl (C=O) groups excluding carboxylic acids is 1. The summed E-state index contributed by atoms with van der Waals surface area (Å²) in [6.07, 6.45) is 3.51. The van der Waals surface area contributed by atoms with Crippen LogP contribution in [0, 0.1) is 0 Å². The summed E-state index contributed by atoms with van der Waals surface area (Å²) in [4.78, 5) is 17.5. The summed E-state index contributed by atoms with van der Waals surface area (Å²) in [5.41, 5.74) is 5.74. The predicted octanol–water partition coefficient (Wildman–Crippen LogP) is 0.945. The van der Waals surface area contributed by atoms with Crippen LogP contribution < -0.4 is 11.1 Å². The van der Waals surface area contributed by atoms with E-state index < -0.39 is 0 Å². The van der Waals surface area contributed by atoms with E-state index in [0.717, 1.165) is 32.2 Å². The fourth-order valence-corrected chi connectivity index (χ4v) is 1.96. The van der Waals surface area contributed by atoms with Gasteiger partial charge in [-0.3, -0.25) is 9.79 Å². The van der Waals surface area contributed by atoms with E-state index in [1.807, 2.05) is 0 Å². The van der Waals surface area contributed by atoms with E-state index in [0.29, 0.717) is 12.5 Å². The standard InChI is InChI=1S/C13H26N4O2.HI/c1-4-5-8-15-13(14)16-9-10-6-7-11(19-10)12(18)17(2)3;/h10-11H,4-9H2,1-3H3,(H3,14,15,16);1H. The van der Waals surface area contributed by atoms with Crippen LogP contribution in [0.25, 0.3) is 0 Å². The molecule has 1 aliphatic rings. The number of nitrogens with zero attached hydrogens (tertiary/aromatic N) is 2. The van der Waals surface area contributed by atoms with Crippen LogP contribution in [0.3, 0.4) is 0 Å². The van der Waals surface area contributed by atoms with Gasteiger partial charge in [-0.15, -0.1) is 24.0 Å². The number of hydrogen-bond donors (Lipinski definition) is 2. The molecule has 3 N–H and O–H groups in total. The maximum Gasteiger partial charge on any atom is 0.251 e. The van der Waals surface area contributed by atoms with Crippen LogP contribution in [0.4, 0.5) is 0 Å². The molecule has 1 saturated heterocycles. The van der Waals surface area contributed by atoms with Gasteiger partial charge in [0.05, 0.1) is 12.6 Å². The molecule has 2 unspecified atom stereocenters. The average Bonchev–Trinajstić information content (AvgIpc) is 2.84. The van der Waals surface area contributed by atoms with E-state index >= 15 is 0 Å². The number of unbranched alkanes of at least 4 members (excludes halogenated alkanes) is 1. The fourth-order valence-electron chi connectivity index (χ4n) is 1.96. The van der Waals surface area contributed by atoms with E-state index in [9.17, 15) is 4.79 Å². The summed E-state index contributed by atoms with van der Waals surface area (Å²) in [7, 11) is 3.49. The quantitative estimate of drug-likeness (QED) is 0.302. The van der Waals surface area contributed by atoms with Gasteiger partial charge in [0.1, 0.15) is 6.10 Å². The lowest BCUT2D eigenvalue weighted by Gasteiger charge is -2.16. The molecule has 118 valence electrons. The van der Waals surface area contributed by atoms with Crippen molar-refractivity contribution in [2.24, 2.45) is 10.7 Å². The van der Waals surface area contributed by atoms with E-state index in [1.165, 1.54) is 0 Å². The van der Waals surface area contributed by atoms with Gasteiger partial charge in [0, 0.05) is 20.6 Å². The number of likely N-dealkylation sites (N-methyl/N-ethyl adjacent to an activating group) is 1. The summed E-state index contributed by atoms with van der Waals surface area (Å²) in [5.74, 6) is 0.486. The predicted molar refractivity (Wildman–Crippen MR) is 91.4 cm³/mol. The molecule has 2 atom stereocenters. The number of nitrogens with two attached hydrogens (primary N) is 1. The molecule has 0 aliphatic carbocycles. The minimum Gasteiger partial charge on any atom is -0.370 e. The van der Waals surface area contributed by atoms with E-state index in [2.05, 4.69) is 17.2 Å². The molecule has 0 aromatic rings. The molecule has 7 heteroatoms. The second kappa shape index (κ2) is 10.2. The molecule has 6 nitrogen and oxygen atoms in total. The van der Waals surface area contributed by atoms with E-state index in [4.69, 9.17) is 10.5 Å². The van der Waals surface area contributed by atoms with E-state index in [1.54, 1.807) is 19.0 Å². The van der Waals surface area contributed by atoms with Gasteiger partial charge in [0.15, 0.2) is 5.96 Å². The Kier molecular flexibility index (Phi) is 9.91. The second-order valence-corrected chi connectivity index (χ2v) is 5.06. The Balaban J connectivity index is 0.00000361. The zero-order valence-corrected chi connectivity index (χ0v) is 14.9. The molecule has 1 fully saturated rings. The molecule has 0 radical (unpaired) electrons. The Labute approximate surface area is 138 Å². The van der Waals surface area contributed by atoms with Crippen molar-refractivity contribution >= 4 is 35.8 Å². The van der Waals surface area contributed by atoms with Crippen LogP contribution in [-0.2, 0) is 9.53 Å². The Bertz CT molecular complexity index is 323. The third kappa shape index (κ3) is 6.74. The average molecular weight is 398 g/mol. The number of hydrogen-bond acceptors (Lipinski definition) is 3. The number of nitrogens with one attached hydrogen (secondary N) is 1. The van der Waals surface area contributed by atoms with Gasteiger partial charge in [0.25, 0.3) is 5.91 Å². The van der Waals surface area contributed by atoms with Crippen LogP contribution in [0.1, 0.15) is 32.6 Å². The SMILES string of the molecule is CCCCNC(N)=NCC1CCC(C(=O)N(C)C)O1.I. The maximum atomic E-state index is 11.7. The van der Waals surface area contributed by atoms with Gasteiger partial charge < -0.3 is 20.7 Å². The summed E-state index contributed by atoms with van der Waals surface area (Å²) in [6.45, 7) is 3.49. The summed E-state index contributed by atoms with van der Waals surface area (Å²) in [5, 5.41) is 3.06. The second-order valence-electron chi connectivity index (χ2n) is 5.06. The van der Waals surface area contributed by atoms with Gasteiger partial charge >= 0.3 is 0 Å². The molecule has 1 amide bonds. The molecular weight excluding hydrogens is 371 g/mol. The minimum absolute atomic E-state index is 0. The molecule has 0 aromatic carbocycles. The minimum atomic E-state index is -0.315. The van der Waals surface area contributed by atoms with Gasteiger partial charge in [-0.2, -0.15) is 0 Å². The number of carbonyl (C=O) groups is 1. The molecule has 0 spiro atoms. The topological polar surface area (TPSA) is 79.9 Å². The first kappa shape index (κ1) is 19.4. The smallest absolute Gasteiger partial charge is 0.251 e. The number of aliphatic imine (C=N–C) groups is 1. The first-order valence-electron chi connectivity index (χ1n) is 6.95. The molecular formula is C13H27IN4O2. The van der Waals surface area contributed by atoms with Crippen molar-refractivity contribution < 1.29 is 9.53 Å². The maximum absolute atomic E-state index is 11.7. The molecule has 0 bridgehead atoms. The summed E-state index contributed by atoms with van der Waals surface area (Å²) >= 11 is 0. The Morgan fingerprint density at radius 1 is 1.45 bits per heavy atom. The number of guanidine groups is 1. The van der Waals surface area contributed by atoms with Crippen molar-refractivity contribution in [1.82, 2.24) is 10.2 Å². The zero-order valence-electron chi connectivity index (χ0n) is 12.6. The number of rotatable bonds is 6. The van der Waals surface area contributed by atoms with Gasteiger partial charge in [-0.1, -0.05) is 13.3 Å². The molecule has 1 heterocycles. The lowest BCUT2D eigenvalue weighted by Crippen LogP contribution is -2.35.